The molecule has 0 spiro atoms. The third-order valence-electron chi connectivity index (χ3n) is 3.41. The van der Waals surface area contributed by atoms with Gasteiger partial charge in [0.05, 0.1) is 21.3 Å². The molecule has 0 radical (unpaired) electrons. The van der Waals surface area contributed by atoms with Crippen LogP contribution in [0.2, 0.25) is 0 Å². The van der Waals surface area contributed by atoms with Crippen LogP contribution in [0.15, 0.2) is 24.3 Å². The number of aryl methyl sites for hydroxylation is 1. The highest BCUT2D eigenvalue weighted by Crippen LogP contribution is 2.46. The van der Waals surface area contributed by atoms with E-state index in [4.69, 9.17) is 19.6 Å². The van der Waals surface area contributed by atoms with E-state index < -0.39 is 0 Å². The average molecular weight is 300 g/mol. The number of benzene rings is 2. The van der Waals surface area contributed by atoms with E-state index in [9.17, 15) is 5.11 Å². The Balaban J connectivity index is 2.76. The van der Waals surface area contributed by atoms with Crippen molar-refractivity contribution >= 4 is 5.69 Å². The van der Waals surface area contributed by atoms with Gasteiger partial charge < -0.3 is 19.3 Å². The predicted molar refractivity (Wildman–Crippen MR) is 80.5 cm³/mol. The lowest BCUT2D eigenvalue weighted by Crippen LogP contribution is -1.98. The van der Waals surface area contributed by atoms with Crippen molar-refractivity contribution in [1.29, 1.82) is 5.39 Å². The highest BCUT2D eigenvalue weighted by Gasteiger charge is 2.20. The van der Waals surface area contributed by atoms with Crippen LogP contribution in [-0.4, -0.2) is 21.3 Å². The van der Waals surface area contributed by atoms with E-state index in [1.54, 1.807) is 19.1 Å². The molecule has 114 valence electrons. The van der Waals surface area contributed by atoms with Crippen LogP contribution in [0.4, 0.5) is 5.69 Å². The maximum atomic E-state index is 11.7. The van der Waals surface area contributed by atoms with Gasteiger partial charge in [-0.1, -0.05) is 6.07 Å². The standard InChI is InChI=1S/C16H16N2O4/c1-9-7-13(19)12(18-17)8-11(9)10-5-6-14(20-2)16(22-4)15(10)21-3/h5-8H,1-4H3. The molecule has 6 nitrogen and oxygen atoms in total. The molecule has 0 unspecified atom stereocenters. The number of ether oxygens (including phenoxy) is 3. The van der Waals surface area contributed by atoms with Gasteiger partial charge in [0.2, 0.25) is 11.1 Å². The van der Waals surface area contributed by atoms with Gasteiger partial charge in [0.1, 0.15) is 0 Å². The largest absolute Gasteiger partial charge is 0.867 e. The molecule has 22 heavy (non-hydrogen) atoms. The van der Waals surface area contributed by atoms with Crippen LogP contribution in [0.5, 0.6) is 23.0 Å². The minimum atomic E-state index is -0.344. The second-order valence-corrected chi connectivity index (χ2v) is 4.62. The Hall–Kier alpha value is -2.94. The topological polar surface area (TPSA) is 78.9 Å². The highest BCUT2D eigenvalue weighted by molar-refractivity contribution is 5.81. The summed E-state index contributed by atoms with van der Waals surface area (Å²) in [6.45, 7) is 1.80. The van der Waals surface area contributed by atoms with Gasteiger partial charge in [-0.25, -0.2) is 0 Å². The molecule has 0 aliphatic heterocycles. The third-order valence-corrected chi connectivity index (χ3v) is 3.41. The second kappa shape index (κ2) is 6.22. The fraction of sp³-hybridized carbons (Fsp3) is 0.250. The van der Waals surface area contributed by atoms with Crippen LogP contribution in [0, 0.1) is 12.3 Å². The van der Waals surface area contributed by atoms with Gasteiger partial charge in [-0.3, -0.25) is 0 Å². The Morgan fingerprint density at radius 1 is 0.955 bits per heavy atom. The Bertz CT molecular complexity index is 751. The summed E-state index contributed by atoms with van der Waals surface area (Å²) in [5.41, 5.74) is 2.13. The molecule has 0 aliphatic carbocycles. The number of hydrogen-bond acceptors (Lipinski definition) is 5. The summed E-state index contributed by atoms with van der Waals surface area (Å²) in [6.07, 6.45) is 0. The molecule has 0 aromatic heterocycles. The van der Waals surface area contributed by atoms with Crippen LogP contribution in [0.25, 0.3) is 16.1 Å². The smallest absolute Gasteiger partial charge is 0.378 e. The number of nitrogens with zero attached hydrogens (tertiary/aromatic N) is 2. The molecule has 0 amide bonds. The fourth-order valence-electron chi connectivity index (χ4n) is 2.35. The first-order chi connectivity index (χ1) is 10.6. The van der Waals surface area contributed by atoms with E-state index in [1.165, 1.54) is 33.5 Å². The molecule has 0 saturated heterocycles. The first kappa shape index (κ1) is 15.4. The summed E-state index contributed by atoms with van der Waals surface area (Å²) in [6, 6.07) is 6.48. The van der Waals surface area contributed by atoms with Crippen molar-refractivity contribution in [2.24, 2.45) is 0 Å². The molecular weight excluding hydrogens is 284 g/mol. The minimum absolute atomic E-state index is 0.0302. The van der Waals surface area contributed by atoms with Crippen LogP contribution in [0.3, 0.4) is 0 Å². The van der Waals surface area contributed by atoms with Crippen LogP contribution in [0.1, 0.15) is 5.56 Å². The zero-order chi connectivity index (χ0) is 16.3. The van der Waals surface area contributed by atoms with Crippen molar-refractivity contribution in [3.05, 3.63) is 34.8 Å². The quantitative estimate of drug-likeness (QED) is 0.810. The average Bonchev–Trinajstić information content (AvgIpc) is 2.53. The maximum absolute atomic E-state index is 11.7. The molecule has 0 bridgehead atoms. The molecule has 2 rings (SSSR count). The molecule has 0 N–H and O–H groups in total. The van der Waals surface area contributed by atoms with Crippen molar-refractivity contribution in [3.8, 4) is 34.1 Å². The van der Waals surface area contributed by atoms with Crippen molar-refractivity contribution in [1.82, 2.24) is 0 Å². The molecule has 0 fully saturated rings. The number of methoxy groups -OCH3 is 3. The second-order valence-electron chi connectivity index (χ2n) is 4.62. The Morgan fingerprint density at radius 3 is 2.18 bits per heavy atom. The minimum Gasteiger partial charge on any atom is -0.867 e. The number of rotatable bonds is 4. The molecule has 0 atom stereocenters. The van der Waals surface area contributed by atoms with E-state index in [-0.39, 0.29) is 11.4 Å². The summed E-state index contributed by atoms with van der Waals surface area (Å²) in [7, 11) is 4.58. The zero-order valence-corrected chi connectivity index (χ0v) is 12.8. The summed E-state index contributed by atoms with van der Waals surface area (Å²) in [5, 5.41) is 20.6. The lowest BCUT2D eigenvalue weighted by Gasteiger charge is -2.17. The number of diazo groups is 1. The van der Waals surface area contributed by atoms with E-state index in [0.29, 0.717) is 28.4 Å². The van der Waals surface area contributed by atoms with Crippen LogP contribution in [-0.2, 0) is 0 Å². The van der Waals surface area contributed by atoms with Crippen molar-refractivity contribution in [2.75, 3.05) is 21.3 Å². The Kier molecular flexibility index (Phi) is 4.37. The van der Waals surface area contributed by atoms with Crippen LogP contribution < -0.4 is 19.3 Å². The zero-order valence-electron chi connectivity index (χ0n) is 12.8. The summed E-state index contributed by atoms with van der Waals surface area (Å²) in [5.74, 6) is 1.12. The summed E-state index contributed by atoms with van der Waals surface area (Å²) < 4.78 is 16.1. The van der Waals surface area contributed by atoms with E-state index in [2.05, 4.69) is 4.98 Å². The monoisotopic (exact) mass is 300 g/mol. The van der Waals surface area contributed by atoms with Gasteiger partial charge in [-0.05, 0) is 35.9 Å². The molecule has 0 aliphatic rings. The summed E-state index contributed by atoms with van der Waals surface area (Å²) in [4.78, 5) is 3.02. The Morgan fingerprint density at radius 2 is 1.64 bits per heavy atom. The Labute approximate surface area is 128 Å². The molecule has 2 aromatic carbocycles. The van der Waals surface area contributed by atoms with Gasteiger partial charge in [-0.15, -0.1) is 0 Å². The maximum Gasteiger partial charge on any atom is 0.378 e. The molecule has 0 saturated carbocycles. The van der Waals surface area contributed by atoms with Gasteiger partial charge in [-0.2, -0.15) is 0 Å². The van der Waals surface area contributed by atoms with Gasteiger partial charge in [0.25, 0.3) is 0 Å². The van der Waals surface area contributed by atoms with Gasteiger partial charge in [0.15, 0.2) is 16.5 Å². The highest BCUT2D eigenvalue weighted by atomic mass is 16.5. The van der Waals surface area contributed by atoms with E-state index in [1.807, 2.05) is 0 Å². The molecule has 6 heteroatoms. The van der Waals surface area contributed by atoms with Gasteiger partial charge >= 0.3 is 5.69 Å². The van der Waals surface area contributed by atoms with Crippen molar-refractivity contribution in [3.63, 3.8) is 0 Å². The van der Waals surface area contributed by atoms with Crippen molar-refractivity contribution < 1.29 is 19.3 Å². The van der Waals surface area contributed by atoms with E-state index >= 15 is 0 Å². The SMILES string of the molecule is COc1ccc(-c2cc([N+]#N)c([O-])cc2C)c(OC)c1OC. The first-order valence-corrected chi connectivity index (χ1v) is 6.53. The van der Waals surface area contributed by atoms with Gasteiger partial charge in [0, 0.05) is 11.6 Å². The number of hydrogen-bond donors (Lipinski definition) is 0. The molecule has 0 heterocycles. The predicted octanol–water partition coefficient (Wildman–Crippen LogP) is 3.25. The van der Waals surface area contributed by atoms with Crippen LogP contribution >= 0.6 is 0 Å². The molecule has 2 aromatic rings. The lowest BCUT2D eigenvalue weighted by atomic mass is 9.98. The normalized spacial score (nSPS) is 9.95. The lowest BCUT2D eigenvalue weighted by molar-refractivity contribution is -0.266. The third kappa shape index (κ3) is 2.49. The van der Waals surface area contributed by atoms with E-state index in [0.717, 1.165) is 5.56 Å². The fourth-order valence-corrected chi connectivity index (χ4v) is 2.35. The van der Waals surface area contributed by atoms with Crippen molar-refractivity contribution in [2.45, 2.75) is 6.92 Å². The molecular formula is C16H16N2O4. The first-order valence-electron chi connectivity index (χ1n) is 6.53. The summed E-state index contributed by atoms with van der Waals surface area (Å²) >= 11 is 0.